The fraction of sp³-hybridized carbons (Fsp3) is 0.273. The number of hydrogen-bond acceptors (Lipinski definition) is 4. The molecule has 0 spiro atoms. The highest BCUT2D eigenvalue weighted by Gasteiger charge is 2.05. The first kappa shape index (κ1) is 12.2. The van der Waals surface area contributed by atoms with E-state index in [0.717, 1.165) is 5.56 Å². The lowest BCUT2D eigenvalue weighted by atomic mass is 10.2. The van der Waals surface area contributed by atoms with Crippen molar-refractivity contribution in [3.05, 3.63) is 35.9 Å². The summed E-state index contributed by atoms with van der Waals surface area (Å²) < 4.78 is 4.89. The fourth-order valence-corrected chi connectivity index (χ4v) is 1.02. The third-order valence-corrected chi connectivity index (χ3v) is 1.82. The zero-order chi connectivity index (χ0) is 11.8. The van der Waals surface area contributed by atoms with E-state index in [2.05, 4.69) is 5.32 Å². The Balaban J connectivity index is 2.23. The van der Waals surface area contributed by atoms with E-state index < -0.39 is 18.5 Å². The van der Waals surface area contributed by atoms with Crippen LogP contribution in [0.2, 0.25) is 0 Å². The lowest BCUT2D eigenvalue weighted by molar-refractivity contribution is -0.145. The van der Waals surface area contributed by atoms with E-state index in [9.17, 15) is 9.59 Å². The van der Waals surface area contributed by atoms with Gasteiger partial charge in [-0.2, -0.15) is 0 Å². The number of aliphatic hydroxyl groups is 1. The highest BCUT2D eigenvalue weighted by Crippen LogP contribution is 2.00. The molecular weight excluding hydrogens is 210 g/mol. The van der Waals surface area contributed by atoms with E-state index in [0.29, 0.717) is 0 Å². The van der Waals surface area contributed by atoms with Gasteiger partial charge in [0.2, 0.25) is 5.91 Å². The Bertz CT molecular complexity index is 350. The van der Waals surface area contributed by atoms with Crippen LogP contribution in [-0.4, -0.2) is 30.1 Å². The molecule has 0 aliphatic rings. The van der Waals surface area contributed by atoms with Gasteiger partial charge in [-0.3, -0.25) is 9.59 Å². The van der Waals surface area contributed by atoms with Gasteiger partial charge in [-0.05, 0) is 5.56 Å². The summed E-state index contributed by atoms with van der Waals surface area (Å²) in [4.78, 5) is 21.7. The van der Waals surface area contributed by atoms with Gasteiger partial charge in [0.05, 0.1) is 0 Å². The Morgan fingerprint density at radius 3 is 2.56 bits per heavy atom. The number of carbonyl (C=O) groups excluding carboxylic acids is 2. The second kappa shape index (κ2) is 6.58. The Labute approximate surface area is 93.0 Å². The first-order valence-electron chi connectivity index (χ1n) is 4.79. The standard InChI is InChI=1S/C11H13NO4/c13-7-10(14)12-6-11(15)16-8-9-4-2-1-3-5-9/h1-5,13H,6-8H2,(H,12,14). The quantitative estimate of drug-likeness (QED) is 0.680. The number of aliphatic hydroxyl groups excluding tert-OH is 1. The normalized spacial score (nSPS) is 9.56. The van der Waals surface area contributed by atoms with Crippen LogP contribution < -0.4 is 5.32 Å². The van der Waals surface area contributed by atoms with Gasteiger partial charge in [-0.25, -0.2) is 0 Å². The van der Waals surface area contributed by atoms with E-state index in [-0.39, 0.29) is 13.2 Å². The largest absolute Gasteiger partial charge is 0.460 e. The molecule has 1 aromatic carbocycles. The number of amides is 1. The number of ether oxygens (including phenoxy) is 1. The number of benzene rings is 1. The fourth-order valence-electron chi connectivity index (χ4n) is 1.02. The van der Waals surface area contributed by atoms with Crippen molar-refractivity contribution in [3.63, 3.8) is 0 Å². The zero-order valence-electron chi connectivity index (χ0n) is 8.68. The maximum atomic E-state index is 11.1. The summed E-state index contributed by atoms with van der Waals surface area (Å²) >= 11 is 0. The molecule has 1 amide bonds. The topological polar surface area (TPSA) is 75.6 Å². The number of hydrogen-bond donors (Lipinski definition) is 2. The number of carbonyl (C=O) groups is 2. The molecule has 0 aliphatic carbocycles. The SMILES string of the molecule is O=C(CO)NCC(=O)OCc1ccccc1. The van der Waals surface area contributed by atoms with E-state index in [1.807, 2.05) is 30.3 Å². The lowest BCUT2D eigenvalue weighted by Gasteiger charge is -2.05. The molecule has 2 N–H and O–H groups in total. The van der Waals surface area contributed by atoms with E-state index in [1.54, 1.807) is 0 Å². The van der Waals surface area contributed by atoms with Crippen molar-refractivity contribution in [3.8, 4) is 0 Å². The maximum absolute atomic E-state index is 11.1. The van der Waals surface area contributed by atoms with Crippen LogP contribution >= 0.6 is 0 Å². The average Bonchev–Trinajstić information content (AvgIpc) is 2.34. The van der Waals surface area contributed by atoms with Gasteiger partial charge in [0, 0.05) is 0 Å². The summed E-state index contributed by atoms with van der Waals surface area (Å²) in [5.74, 6) is -1.14. The van der Waals surface area contributed by atoms with Crippen LogP contribution in [0, 0.1) is 0 Å². The first-order chi connectivity index (χ1) is 7.72. The summed E-state index contributed by atoms with van der Waals surface area (Å²) in [6.45, 7) is -0.688. The van der Waals surface area contributed by atoms with Crippen LogP contribution in [0.3, 0.4) is 0 Å². The molecule has 0 aliphatic heterocycles. The molecule has 5 heteroatoms. The second-order valence-corrected chi connectivity index (χ2v) is 3.08. The third kappa shape index (κ3) is 4.56. The molecule has 0 atom stereocenters. The maximum Gasteiger partial charge on any atom is 0.325 e. The van der Waals surface area contributed by atoms with Crippen LogP contribution in [-0.2, 0) is 20.9 Å². The minimum absolute atomic E-state index is 0.175. The predicted octanol–water partition coefficient (Wildman–Crippen LogP) is -0.162. The Morgan fingerprint density at radius 1 is 1.25 bits per heavy atom. The van der Waals surface area contributed by atoms with Crippen LogP contribution in [0.25, 0.3) is 0 Å². The van der Waals surface area contributed by atoms with Crippen molar-refractivity contribution in [1.82, 2.24) is 5.32 Å². The molecule has 86 valence electrons. The number of nitrogens with one attached hydrogen (secondary N) is 1. The zero-order valence-corrected chi connectivity index (χ0v) is 8.68. The van der Waals surface area contributed by atoms with Crippen LogP contribution in [0.1, 0.15) is 5.56 Å². The number of esters is 1. The van der Waals surface area contributed by atoms with Crippen LogP contribution in [0.5, 0.6) is 0 Å². The molecule has 0 aromatic heterocycles. The van der Waals surface area contributed by atoms with Crippen molar-refractivity contribution < 1.29 is 19.4 Å². The molecule has 0 unspecified atom stereocenters. The third-order valence-electron chi connectivity index (χ3n) is 1.82. The molecule has 1 aromatic rings. The molecule has 0 heterocycles. The lowest BCUT2D eigenvalue weighted by Crippen LogP contribution is -2.32. The van der Waals surface area contributed by atoms with E-state index >= 15 is 0 Å². The van der Waals surface area contributed by atoms with Gasteiger partial charge in [0.25, 0.3) is 0 Å². The van der Waals surface area contributed by atoms with Crippen molar-refractivity contribution in [2.45, 2.75) is 6.61 Å². The molecule has 0 saturated carbocycles. The summed E-state index contributed by atoms with van der Waals surface area (Å²) in [7, 11) is 0. The number of rotatable bonds is 5. The molecule has 0 radical (unpaired) electrons. The predicted molar refractivity (Wildman–Crippen MR) is 56.3 cm³/mol. The highest BCUT2D eigenvalue weighted by molar-refractivity contribution is 5.82. The van der Waals surface area contributed by atoms with Gasteiger partial charge in [-0.15, -0.1) is 0 Å². The van der Waals surface area contributed by atoms with Gasteiger partial charge in [0.1, 0.15) is 19.8 Å². The summed E-state index contributed by atoms with van der Waals surface area (Å²) in [6, 6.07) is 9.22. The van der Waals surface area contributed by atoms with Crippen molar-refractivity contribution in [2.24, 2.45) is 0 Å². The molecule has 0 saturated heterocycles. The minimum atomic E-state index is -0.633. The van der Waals surface area contributed by atoms with Crippen molar-refractivity contribution >= 4 is 11.9 Å². The molecule has 0 fully saturated rings. The van der Waals surface area contributed by atoms with Gasteiger partial charge in [-0.1, -0.05) is 30.3 Å². The first-order valence-corrected chi connectivity index (χ1v) is 4.79. The Morgan fingerprint density at radius 2 is 1.94 bits per heavy atom. The molecular formula is C11H13NO4. The summed E-state index contributed by atoms with van der Waals surface area (Å²) in [5.41, 5.74) is 0.879. The monoisotopic (exact) mass is 223 g/mol. The minimum Gasteiger partial charge on any atom is -0.460 e. The second-order valence-electron chi connectivity index (χ2n) is 3.08. The smallest absolute Gasteiger partial charge is 0.325 e. The van der Waals surface area contributed by atoms with Crippen molar-refractivity contribution in [1.29, 1.82) is 0 Å². The van der Waals surface area contributed by atoms with Crippen molar-refractivity contribution in [2.75, 3.05) is 13.2 Å². The molecule has 5 nitrogen and oxygen atoms in total. The van der Waals surface area contributed by atoms with E-state index in [1.165, 1.54) is 0 Å². The summed E-state index contributed by atoms with van der Waals surface area (Å²) in [6.07, 6.45) is 0. The molecule has 16 heavy (non-hydrogen) atoms. The summed E-state index contributed by atoms with van der Waals surface area (Å²) in [5, 5.41) is 10.6. The molecule has 1 rings (SSSR count). The van der Waals surface area contributed by atoms with Crippen LogP contribution in [0.15, 0.2) is 30.3 Å². The van der Waals surface area contributed by atoms with Gasteiger partial charge < -0.3 is 15.2 Å². The van der Waals surface area contributed by atoms with E-state index in [4.69, 9.17) is 9.84 Å². The van der Waals surface area contributed by atoms with Gasteiger partial charge >= 0.3 is 5.97 Å². The Kier molecular flexibility index (Phi) is 5.01. The highest BCUT2D eigenvalue weighted by atomic mass is 16.5. The van der Waals surface area contributed by atoms with Crippen LogP contribution in [0.4, 0.5) is 0 Å². The Hall–Kier alpha value is -1.88. The molecule has 0 bridgehead atoms. The van der Waals surface area contributed by atoms with Gasteiger partial charge in [0.15, 0.2) is 0 Å². The average molecular weight is 223 g/mol.